The minimum atomic E-state index is -0.859. The first kappa shape index (κ1) is 24.5. The average Bonchev–Trinajstić information content (AvgIpc) is 2.87. The van der Waals surface area contributed by atoms with E-state index in [1.54, 1.807) is 48.5 Å². The normalized spacial score (nSPS) is 14.4. The predicted molar refractivity (Wildman–Crippen MR) is 134 cm³/mol. The Hall–Kier alpha value is -4.63. The fourth-order valence-electron chi connectivity index (χ4n) is 3.43. The lowest BCUT2D eigenvalue weighted by Crippen LogP contribution is -2.54. The number of carbonyl (C=O) groups excluding carboxylic acids is 4. The lowest BCUT2D eigenvalue weighted by molar-refractivity contribution is -0.122. The first-order valence-corrected chi connectivity index (χ1v) is 11.1. The second-order valence-corrected chi connectivity index (χ2v) is 7.98. The van der Waals surface area contributed by atoms with Gasteiger partial charge in [0.25, 0.3) is 17.7 Å². The molecule has 4 rings (SSSR count). The number of nitrogens with zero attached hydrogens (tertiary/aromatic N) is 1. The number of para-hydroxylation sites is 2. The van der Waals surface area contributed by atoms with Gasteiger partial charge in [0.1, 0.15) is 17.1 Å². The van der Waals surface area contributed by atoms with Crippen LogP contribution in [-0.2, 0) is 14.4 Å². The number of anilines is 2. The fraction of sp³-hybridized carbons (Fsp3) is 0.0769. The van der Waals surface area contributed by atoms with Crippen molar-refractivity contribution in [1.82, 2.24) is 5.32 Å². The lowest BCUT2D eigenvalue weighted by atomic mass is 10.1. The third-order valence-electron chi connectivity index (χ3n) is 5.11. The van der Waals surface area contributed by atoms with Crippen molar-refractivity contribution in [2.75, 3.05) is 23.9 Å². The van der Waals surface area contributed by atoms with E-state index in [0.29, 0.717) is 27.8 Å². The van der Waals surface area contributed by atoms with Crippen molar-refractivity contribution in [1.29, 1.82) is 0 Å². The molecule has 1 saturated heterocycles. The van der Waals surface area contributed by atoms with Crippen molar-refractivity contribution in [3.63, 3.8) is 0 Å². The minimum Gasteiger partial charge on any atom is -0.495 e. The number of hydrogen-bond acceptors (Lipinski definition) is 6. The molecule has 0 spiro atoms. The van der Waals surface area contributed by atoms with Crippen molar-refractivity contribution in [2.24, 2.45) is 0 Å². The molecule has 5 amide bonds. The van der Waals surface area contributed by atoms with Gasteiger partial charge in [-0.3, -0.25) is 19.7 Å². The third kappa shape index (κ3) is 5.53. The van der Waals surface area contributed by atoms with Crippen LogP contribution < -0.4 is 25.0 Å². The van der Waals surface area contributed by atoms with Gasteiger partial charge in [-0.05, 0) is 60.2 Å². The Morgan fingerprint density at radius 1 is 1.03 bits per heavy atom. The van der Waals surface area contributed by atoms with Gasteiger partial charge >= 0.3 is 6.03 Å². The zero-order valence-corrected chi connectivity index (χ0v) is 19.7. The van der Waals surface area contributed by atoms with E-state index in [-0.39, 0.29) is 17.9 Å². The van der Waals surface area contributed by atoms with Crippen LogP contribution >= 0.6 is 11.6 Å². The molecule has 0 aliphatic carbocycles. The number of urea groups is 1. The standard InChI is InChI=1S/C26H20ClN3O6/c1-35-22-8-3-2-7-21(22)28-23(31)15-36-19-6-4-5-16(13-19)14-20-24(32)29-26(34)30(25(20)33)18-11-9-17(27)10-12-18/h2-14H,15H2,1H3,(H,28,31)(H,29,32,34)/b20-14-. The van der Waals surface area contributed by atoms with Crippen molar-refractivity contribution < 1.29 is 28.7 Å². The molecule has 3 aromatic rings. The summed E-state index contributed by atoms with van der Waals surface area (Å²) >= 11 is 5.88. The molecular formula is C26H20ClN3O6. The second-order valence-electron chi connectivity index (χ2n) is 7.54. The molecule has 1 aliphatic rings. The Bertz CT molecular complexity index is 1370. The first-order chi connectivity index (χ1) is 17.4. The van der Waals surface area contributed by atoms with Crippen LogP contribution in [0.2, 0.25) is 5.02 Å². The maximum atomic E-state index is 13.0. The molecule has 10 heteroatoms. The summed E-state index contributed by atoms with van der Waals surface area (Å²) in [5, 5.41) is 5.30. The van der Waals surface area contributed by atoms with Gasteiger partial charge in [0.05, 0.1) is 18.5 Å². The summed E-state index contributed by atoms with van der Waals surface area (Å²) in [7, 11) is 1.50. The van der Waals surface area contributed by atoms with Crippen molar-refractivity contribution in [3.8, 4) is 11.5 Å². The molecule has 36 heavy (non-hydrogen) atoms. The maximum absolute atomic E-state index is 13.0. The van der Waals surface area contributed by atoms with Gasteiger partial charge in [0.15, 0.2) is 6.61 Å². The molecule has 0 radical (unpaired) electrons. The summed E-state index contributed by atoms with van der Waals surface area (Å²) in [6.07, 6.45) is 1.34. The lowest BCUT2D eigenvalue weighted by Gasteiger charge is -2.26. The van der Waals surface area contributed by atoms with Gasteiger partial charge in [-0.25, -0.2) is 9.69 Å². The quantitative estimate of drug-likeness (QED) is 0.370. The smallest absolute Gasteiger partial charge is 0.335 e. The number of ether oxygens (including phenoxy) is 2. The predicted octanol–water partition coefficient (Wildman–Crippen LogP) is 4.03. The van der Waals surface area contributed by atoms with Crippen molar-refractivity contribution in [3.05, 3.63) is 89.0 Å². The number of nitrogens with one attached hydrogen (secondary N) is 2. The molecule has 182 valence electrons. The van der Waals surface area contributed by atoms with Crippen LogP contribution in [0.4, 0.5) is 16.2 Å². The summed E-state index contributed by atoms with van der Waals surface area (Å²) in [6, 6.07) is 18.7. The van der Waals surface area contributed by atoms with E-state index in [0.717, 1.165) is 4.90 Å². The summed E-state index contributed by atoms with van der Waals surface area (Å²) < 4.78 is 10.8. The second kappa shape index (κ2) is 10.7. The van der Waals surface area contributed by atoms with E-state index < -0.39 is 23.8 Å². The summed E-state index contributed by atoms with van der Waals surface area (Å²) in [6.45, 7) is -0.281. The SMILES string of the molecule is COc1ccccc1NC(=O)COc1cccc(/C=C2/C(=O)NC(=O)N(c3ccc(Cl)cc3)C2=O)c1. The average molecular weight is 506 g/mol. The number of barbiturate groups is 1. The number of halogens is 1. The number of amides is 5. The van der Waals surface area contributed by atoms with E-state index in [1.165, 1.54) is 37.5 Å². The van der Waals surface area contributed by atoms with Gasteiger partial charge in [-0.1, -0.05) is 35.9 Å². The Morgan fingerprint density at radius 2 is 1.78 bits per heavy atom. The molecule has 0 bridgehead atoms. The van der Waals surface area contributed by atoms with E-state index in [4.69, 9.17) is 21.1 Å². The van der Waals surface area contributed by atoms with Crippen LogP contribution in [0.5, 0.6) is 11.5 Å². The zero-order valence-electron chi connectivity index (χ0n) is 19.0. The first-order valence-electron chi connectivity index (χ1n) is 10.7. The van der Waals surface area contributed by atoms with Gasteiger partial charge in [0.2, 0.25) is 0 Å². The van der Waals surface area contributed by atoms with Crippen LogP contribution in [0.3, 0.4) is 0 Å². The molecule has 3 aromatic carbocycles. The fourth-order valence-corrected chi connectivity index (χ4v) is 3.55. The van der Waals surface area contributed by atoms with Crippen LogP contribution in [0.1, 0.15) is 5.56 Å². The number of rotatable bonds is 7. The molecule has 0 saturated carbocycles. The highest BCUT2D eigenvalue weighted by Crippen LogP contribution is 2.25. The Kier molecular flexibility index (Phi) is 7.31. The third-order valence-corrected chi connectivity index (χ3v) is 5.36. The van der Waals surface area contributed by atoms with Crippen molar-refractivity contribution in [2.45, 2.75) is 0 Å². The zero-order chi connectivity index (χ0) is 25.7. The summed E-state index contributed by atoms with van der Waals surface area (Å²) in [5.41, 5.74) is 0.990. The van der Waals surface area contributed by atoms with E-state index in [2.05, 4.69) is 10.6 Å². The van der Waals surface area contributed by atoms with E-state index >= 15 is 0 Å². The molecule has 9 nitrogen and oxygen atoms in total. The maximum Gasteiger partial charge on any atom is 0.335 e. The molecule has 1 aliphatic heterocycles. The Labute approximate surface area is 211 Å². The molecular weight excluding hydrogens is 486 g/mol. The number of methoxy groups -OCH3 is 1. The van der Waals surface area contributed by atoms with Crippen LogP contribution in [0.15, 0.2) is 78.4 Å². The van der Waals surface area contributed by atoms with E-state index in [9.17, 15) is 19.2 Å². The summed E-state index contributed by atoms with van der Waals surface area (Å²) in [5.74, 6) is -1.15. The van der Waals surface area contributed by atoms with Crippen LogP contribution in [-0.4, -0.2) is 37.5 Å². The van der Waals surface area contributed by atoms with Crippen molar-refractivity contribution >= 4 is 52.8 Å². The van der Waals surface area contributed by atoms with Gasteiger partial charge in [0, 0.05) is 5.02 Å². The Balaban J connectivity index is 1.48. The largest absolute Gasteiger partial charge is 0.495 e. The highest BCUT2D eigenvalue weighted by molar-refractivity contribution is 6.39. The minimum absolute atomic E-state index is 0.240. The highest BCUT2D eigenvalue weighted by atomic mass is 35.5. The van der Waals surface area contributed by atoms with Crippen LogP contribution in [0.25, 0.3) is 6.08 Å². The number of benzene rings is 3. The molecule has 1 fully saturated rings. The van der Waals surface area contributed by atoms with Gasteiger partial charge < -0.3 is 14.8 Å². The number of carbonyl (C=O) groups is 4. The molecule has 0 unspecified atom stereocenters. The summed E-state index contributed by atoms with van der Waals surface area (Å²) in [4.78, 5) is 50.9. The number of hydrogen-bond donors (Lipinski definition) is 2. The van der Waals surface area contributed by atoms with Gasteiger partial charge in [-0.2, -0.15) is 0 Å². The highest BCUT2D eigenvalue weighted by Gasteiger charge is 2.36. The molecule has 0 aromatic heterocycles. The molecule has 1 heterocycles. The number of imide groups is 2. The molecule has 2 N–H and O–H groups in total. The molecule has 0 atom stereocenters. The van der Waals surface area contributed by atoms with E-state index in [1.807, 2.05) is 0 Å². The Morgan fingerprint density at radius 3 is 2.53 bits per heavy atom. The monoisotopic (exact) mass is 505 g/mol. The van der Waals surface area contributed by atoms with Crippen LogP contribution in [0, 0.1) is 0 Å². The van der Waals surface area contributed by atoms with Gasteiger partial charge in [-0.15, -0.1) is 0 Å². The topological polar surface area (TPSA) is 114 Å².